The number of benzene rings is 3. The topological polar surface area (TPSA) is 9.72 Å². The Hall–Kier alpha value is -2.43. The summed E-state index contributed by atoms with van der Waals surface area (Å²) >= 11 is 5.87. The van der Waals surface area contributed by atoms with Crippen molar-refractivity contribution in [3.05, 3.63) is 78.4 Å². The molecule has 2 heterocycles. The molecule has 2 fully saturated rings. The Morgan fingerprint density at radius 1 is 0.800 bits per heavy atom. The number of hydrogen-bond acceptors (Lipinski definition) is 2. The second kappa shape index (κ2) is 5.83. The van der Waals surface area contributed by atoms with Gasteiger partial charge < -0.3 is 0 Å². The number of anilines is 1. The van der Waals surface area contributed by atoms with Crippen molar-refractivity contribution in [3.8, 4) is 0 Å². The number of thiocarbonyl (C=S) groups is 1. The molecule has 0 saturated carbocycles. The van der Waals surface area contributed by atoms with E-state index < -0.39 is 0 Å². The molecule has 0 radical (unpaired) electrons. The minimum absolute atomic E-state index is 0.114. The first-order valence-electron chi connectivity index (χ1n) is 8.74. The van der Waals surface area contributed by atoms with E-state index in [9.17, 15) is 0 Å². The van der Waals surface area contributed by atoms with Crippen LogP contribution < -0.4 is 4.90 Å². The molecule has 0 N–H and O–H groups in total. The molecule has 3 nitrogen and oxygen atoms in total. The third-order valence-corrected chi connectivity index (χ3v) is 5.56. The number of para-hydroxylation sites is 1. The fourth-order valence-corrected chi connectivity index (χ4v) is 4.47. The summed E-state index contributed by atoms with van der Waals surface area (Å²) in [6.45, 7) is 2.04. The zero-order chi connectivity index (χ0) is 16.8. The molecule has 0 aliphatic carbocycles. The summed E-state index contributed by atoms with van der Waals surface area (Å²) in [7, 11) is 0. The highest BCUT2D eigenvalue weighted by Crippen LogP contribution is 2.42. The summed E-state index contributed by atoms with van der Waals surface area (Å²) in [6.07, 6.45) is 1.27. The molecule has 2 aliphatic heterocycles. The molecule has 124 valence electrons. The molecule has 0 bridgehead atoms. The summed E-state index contributed by atoms with van der Waals surface area (Å²) in [4.78, 5) is 2.30. The van der Waals surface area contributed by atoms with Gasteiger partial charge in [0, 0.05) is 18.8 Å². The van der Waals surface area contributed by atoms with E-state index in [1.165, 1.54) is 16.3 Å². The molecular formula is C21H19N3S. The molecule has 25 heavy (non-hydrogen) atoms. The van der Waals surface area contributed by atoms with Gasteiger partial charge in [-0.25, -0.2) is 0 Å². The molecule has 0 spiro atoms. The highest BCUT2D eigenvalue weighted by atomic mass is 32.1. The van der Waals surface area contributed by atoms with E-state index in [2.05, 4.69) is 87.7 Å². The van der Waals surface area contributed by atoms with Gasteiger partial charge in [-0.2, -0.15) is 5.01 Å². The van der Waals surface area contributed by atoms with Crippen molar-refractivity contribution in [2.24, 2.45) is 0 Å². The van der Waals surface area contributed by atoms with Gasteiger partial charge in [0.2, 0.25) is 0 Å². The predicted octanol–water partition coefficient (Wildman–Crippen LogP) is 4.57. The predicted molar refractivity (Wildman–Crippen MR) is 106 cm³/mol. The van der Waals surface area contributed by atoms with E-state index in [-0.39, 0.29) is 6.17 Å². The summed E-state index contributed by atoms with van der Waals surface area (Å²) < 4.78 is 0. The Bertz CT molecular complexity index is 935. The summed E-state index contributed by atoms with van der Waals surface area (Å²) in [6, 6.07) is 25.7. The molecule has 2 saturated heterocycles. The highest BCUT2D eigenvalue weighted by molar-refractivity contribution is 7.80. The standard InChI is InChI=1S/C21H19N3S/c25-21-23-15-7-14-22(23)20(24(21)17-10-2-1-3-11-17)19-13-6-9-16-8-4-5-12-18(16)19/h1-6,8-13,20H,7,14-15H2/t20-/m0/s1. The van der Waals surface area contributed by atoms with E-state index in [0.29, 0.717) is 0 Å². The van der Waals surface area contributed by atoms with Crippen LogP contribution in [0.4, 0.5) is 5.69 Å². The monoisotopic (exact) mass is 345 g/mol. The number of nitrogens with zero attached hydrogens (tertiary/aromatic N) is 3. The lowest BCUT2D eigenvalue weighted by molar-refractivity contribution is 0.0930. The highest BCUT2D eigenvalue weighted by Gasteiger charge is 2.45. The van der Waals surface area contributed by atoms with E-state index in [4.69, 9.17) is 12.2 Å². The van der Waals surface area contributed by atoms with Crippen LogP contribution in [0.25, 0.3) is 10.8 Å². The van der Waals surface area contributed by atoms with Crippen molar-refractivity contribution in [1.82, 2.24) is 10.0 Å². The minimum Gasteiger partial charge on any atom is -0.296 e. The van der Waals surface area contributed by atoms with Crippen molar-refractivity contribution in [3.63, 3.8) is 0 Å². The summed E-state index contributed by atoms with van der Waals surface area (Å²) in [5, 5.41) is 8.18. The van der Waals surface area contributed by atoms with Crippen LogP contribution in [-0.4, -0.2) is 28.2 Å². The average molecular weight is 345 g/mol. The van der Waals surface area contributed by atoms with Gasteiger partial charge in [-0.15, -0.1) is 0 Å². The molecule has 0 unspecified atom stereocenters. The number of fused-ring (bicyclic) bond motifs is 2. The summed E-state index contributed by atoms with van der Waals surface area (Å²) in [5.41, 5.74) is 2.47. The van der Waals surface area contributed by atoms with E-state index >= 15 is 0 Å². The molecule has 4 heteroatoms. The molecule has 0 amide bonds. The Morgan fingerprint density at radius 2 is 1.56 bits per heavy atom. The van der Waals surface area contributed by atoms with Crippen LogP contribution in [-0.2, 0) is 0 Å². The maximum Gasteiger partial charge on any atom is 0.192 e. The molecule has 3 aromatic rings. The first kappa shape index (κ1) is 14.9. The van der Waals surface area contributed by atoms with Crippen molar-refractivity contribution in [2.45, 2.75) is 12.6 Å². The van der Waals surface area contributed by atoms with Crippen LogP contribution in [0.5, 0.6) is 0 Å². The van der Waals surface area contributed by atoms with Gasteiger partial charge in [0.15, 0.2) is 5.11 Å². The normalized spacial score (nSPS) is 20.5. The van der Waals surface area contributed by atoms with Crippen LogP contribution in [0, 0.1) is 0 Å². The fourth-order valence-electron chi connectivity index (χ4n) is 4.07. The number of rotatable bonds is 2. The maximum absolute atomic E-state index is 5.87. The van der Waals surface area contributed by atoms with Gasteiger partial charge >= 0.3 is 0 Å². The summed E-state index contributed by atoms with van der Waals surface area (Å²) in [5.74, 6) is 0. The largest absolute Gasteiger partial charge is 0.296 e. The van der Waals surface area contributed by atoms with Crippen LogP contribution in [0.2, 0.25) is 0 Å². The van der Waals surface area contributed by atoms with E-state index in [1.807, 2.05) is 0 Å². The van der Waals surface area contributed by atoms with Crippen molar-refractivity contribution in [2.75, 3.05) is 18.0 Å². The average Bonchev–Trinajstić information content (AvgIpc) is 3.24. The molecular weight excluding hydrogens is 326 g/mol. The van der Waals surface area contributed by atoms with Crippen molar-refractivity contribution in [1.29, 1.82) is 0 Å². The van der Waals surface area contributed by atoms with Crippen LogP contribution in [0.15, 0.2) is 72.8 Å². The number of hydrazine groups is 1. The van der Waals surface area contributed by atoms with E-state index in [1.54, 1.807) is 0 Å². The van der Waals surface area contributed by atoms with Crippen LogP contribution >= 0.6 is 12.2 Å². The van der Waals surface area contributed by atoms with Crippen molar-refractivity contribution < 1.29 is 0 Å². The first-order valence-corrected chi connectivity index (χ1v) is 9.15. The minimum atomic E-state index is 0.114. The first-order chi connectivity index (χ1) is 12.3. The maximum atomic E-state index is 5.87. The van der Waals surface area contributed by atoms with Gasteiger partial charge in [-0.1, -0.05) is 60.7 Å². The Balaban J connectivity index is 1.72. The second-order valence-electron chi connectivity index (χ2n) is 6.57. The molecule has 2 aliphatic rings. The smallest absolute Gasteiger partial charge is 0.192 e. The Kier molecular flexibility index (Phi) is 3.47. The second-order valence-corrected chi connectivity index (χ2v) is 6.94. The van der Waals surface area contributed by atoms with Gasteiger partial charge in [-0.3, -0.25) is 9.91 Å². The van der Waals surface area contributed by atoms with Crippen molar-refractivity contribution >= 4 is 33.8 Å². The molecule has 0 aromatic heterocycles. The Labute approximate surface area is 153 Å². The number of hydrogen-bond donors (Lipinski definition) is 0. The zero-order valence-electron chi connectivity index (χ0n) is 13.9. The van der Waals surface area contributed by atoms with Crippen LogP contribution in [0.3, 0.4) is 0 Å². The van der Waals surface area contributed by atoms with Crippen LogP contribution in [0.1, 0.15) is 18.2 Å². The lowest BCUT2D eigenvalue weighted by Crippen LogP contribution is -2.32. The van der Waals surface area contributed by atoms with Gasteiger partial charge in [-0.05, 0) is 47.1 Å². The van der Waals surface area contributed by atoms with Gasteiger partial charge in [0.05, 0.1) is 0 Å². The molecule has 3 aromatic carbocycles. The third kappa shape index (κ3) is 2.25. The lowest BCUT2D eigenvalue weighted by atomic mass is 10.0. The van der Waals surface area contributed by atoms with Gasteiger partial charge in [0.25, 0.3) is 0 Å². The molecule has 5 rings (SSSR count). The molecule has 1 atom stereocenters. The van der Waals surface area contributed by atoms with E-state index in [0.717, 1.165) is 30.3 Å². The fraction of sp³-hybridized carbons (Fsp3) is 0.190. The quantitative estimate of drug-likeness (QED) is 0.629. The van der Waals surface area contributed by atoms with Gasteiger partial charge in [0.1, 0.15) is 6.17 Å². The Morgan fingerprint density at radius 3 is 2.44 bits per heavy atom. The third-order valence-electron chi connectivity index (χ3n) is 5.16. The SMILES string of the molecule is S=C1N(c2ccccc2)[C@@H](c2cccc3ccccc23)N2CCCN12. The lowest BCUT2D eigenvalue weighted by Gasteiger charge is -2.29. The zero-order valence-corrected chi connectivity index (χ0v) is 14.7.